The monoisotopic (exact) mass is 300 g/mol. The molecular formula is C19H24O3. The van der Waals surface area contributed by atoms with Gasteiger partial charge in [0.1, 0.15) is 0 Å². The van der Waals surface area contributed by atoms with E-state index in [4.69, 9.17) is 4.74 Å². The quantitative estimate of drug-likeness (QED) is 0.247. The molecule has 1 aliphatic rings. The van der Waals surface area contributed by atoms with E-state index in [1.165, 1.54) is 5.57 Å². The summed E-state index contributed by atoms with van der Waals surface area (Å²) in [7, 11) is 0. The van der Waals surface area contributed by atoms with Gasteiger partial charge < -0.3 is 4.74 Å². The summed E-state index contributed by atoms with van der Waals surface area (Å²) in [6.07, 6.45) is 9.34. The zero-order valence-electron chi connectivity index (χ0n) is 13.7. The Balaban J connectivity index is 2.76. The lowest BCUT2D eigenvalue weighted by Crippen LogP contribution is -2.21. The molecule has 0 saturated heterocycles. The Morgan fingerprint density at radius 2 is 2.18 bits per heavy atom. The summed E-state index contributed by atoms with van der Waals surface area (Å²) in [6, 6.07) is 0. The molecule has 0 aromatic rings. The molecule has 0 aliphatic heterocycles. The lowest BCUT2D eigenvalue weighted by molar-refractivity contribution is -0.136. The van der Waals surface area contributed by atoms with Crippen LogP contribution in [0.25, 0.3) is 0 Å². The van der Waals surface area contributed by atoms with Gasteiger partial charge in [0.15, 0.2) is 0 Å². The van der Waals surface area contributed by atoms with Gasteiger partial charge in [-0.05, 0) is 50.9 Å². The van der Waals surface area contributed by atoms with Gasteiger partial charge in [0.25, 0.3) is 0 Å². The highest BCUT2D eigenvalue weighted by molar-refractivity contribution is 6.12. The highest BCUT2D eigenvalue weighted by Crippen LogP contribution is 2.43. The first-order valence-electron chi connectivity index (χ1n) is 7.65. The first-order chi connectivity index (χ1) is 10.4. The van der Waals surface area contributed by atoms with Crippen molar-refractivity contribution in [2.45, 2.75) is 46.5 Å². The van der Waals surface area contributed by atoms with E-state index in [1.807, 2.05) is 12.2 Å². The normalized spacial score (nSPS) is 20.7. The molecule has 1 atom stereocenters. The Labute approximate surface area is 133 Å². The predicted octanol–water partition coefficient (Wildman–Crippen LogP) is 3.76. The molecule has 0 N–H and O–H groups in total. The fourth-order valence-electron chi connectivity index (χ4n) is 2.64. The van der Waals surface area contributed by atoms with E-state index in [9.17, 15) is 9.59 Å². The van der Waals surface area contributed by atoms with Crippen LogP contribution in [0, 0.1) is 17.3 Å². The zero-order valence-corrected chi connectivity index (χ0v) is 13.7. The Bertz CT molecular complexity index is 569. The minimum atomic E-state index is -0.652. The summed E-state index contributed by atoms with van der Waals surface area (Å²) in [5.41, 5.74) is 1.81. The molecule has 3 nitrogen and oxygen atoms in total. The van der Waals surface area contributed by atoms with E-state index in [-0.39, 0.29) is 17.8 Å². The maximum atomic E-state index is 12.3. The summed E-state index contributed by atoms with van der Waals surface area (Å²) in [5.74, 6) is 3.75. The lowest BCUT2D eigenvalue weighted by Gasteiger charge is -2.26. The Hall–Kier alpha value is -2.08. The maximum absolute atomic E-state index is 12.3. The molecule has 1 unspecified atom stereocenters. The number of esters is 1. The van der Waals surface area contributed by atoms with Gasteiger partial charge in [-0.25, -0.2) is 4.79 Å². The van der Waals surface area contributed by atoms with Crippen LogP contribution in [0.2, 0.25) is 0 Å². The predicted molar refractivity (Wildman–Crippen MR) is 88.0 cm³/mol. The fourth-order valence-corrected chi connectivity index (χ4v) is 2.64. The highest BCUT2D eigenvalue weighted by Gasteiger charge is 2.35. The van der Waals surface area contributed by atoms with Gasteiger partial charge in [0.05, 0.1) is 6.61 Å². The van der Waals surface area contributed by atoms with Crippen molar-refractivity contribution in [3.8, 4) is 11.8 Å². The molecule has 3 heteroatoms. The SMILES string of the molecule is C=C/C=C(\C)CCC1(C)CCC=C1C(=O)C#CC(=O)OCC. The summed E-state index contributed by atoms with van der Waals surface area (Å²) in [6.45, 7) is 9.81. The number of ether oxygens (including phenoxy) is 1. The number of carbonyl (C=O) groups excluding carboxylic acids is 2. The lowest BCUT2D eigenvalue weighted by atomic mass is 9.77. The van der Waals surface area contributed by atoms with Crippen molar-refractivity contribution < 1.29 is 14.3 Å². The third-order valence-electron chi connectivity index (χ3n) is 3.97. The number of carbonyl (C=O) groups is 2. The third kappa shape index (κ3) is 5.04. The van der Waals surface area contributed by atoms with Crippen LogP contribution < -0.4 is 0 Å². The molecule has 0 spiro atoms. The summed E-state index contributed by atoms with van der Waals surface area (Å²) < 4.78 is 4.71. The molecule has 0 heterocycles. The van der Waals surface area contributed by atoms with Crippen LogP contribution in [0.1, 0.15) is 46.5 Å². The van der Waals surface area contributed by atoms with Gasteiger partial charge in [-0.2, -0.15) is 0 Å². The fraction of sp³-hybridized carbons (Fsp3) is 0.474. The van der Waals surface area contributed by atoms with E-state index in [0.29, 0.717) is 0 Å². The molecule has 0 fully saturated rings. The average molecular weight is 300 g/mol. The molecule has 1 aliphatic carbocycles. The Kier molecular flexibility index (Phi) is 6.85. The van der Waals surface area contributed by atoms with E-state index < -0.39 is 5.97 Å². The molecule has 0 aromatic carbocycles. The van der Waals surface area contributed by atoms with Crippen LogP contribution >= 0.6 is 0 Å². The van der Waals surface area contributed by atoms with Crippen LogP contribution in [0.5, 0.6) is 0 Å². The van der Waals surface area contributed by atoms with E-state index >= 15 is 0 Å². The molecule has 0 bridgehead atoms. The van der Waals surface area contributed by atoms with Crippen LogP contribution in [0.4, 0.5) is 0 Å². The minimum Gasteiger partial charge on any atom is -0.456 e. The first-order valence-corrected chi connectivity index (χ1v) is 7.65. The van der Waals surface area contributed by atoms with Crippen molar-refractivity contribution >= 4 is 11.8 Å². The van der Waals surface area contributed by atoms with Crippen LogP contribution in [0.3, 0.4) is 0 Å². The van der Waals surface area contributed by atoms with E-state index in [0.717, 1.165) is 31.3 Å². The Morgan fingerprint density at radius 1 is 1.45 bits per heavy atom. The van der Waals surface area contributed by atoms with Crippen LogP contribution in [-0.2, 0) is 14.3 Å². The molecule has 0 aromatic heterocycles. The summed E-state index contributed by atoms with van der Waals surface area (Å²) in [4.78, 5) is 23.5. The standard InChI is InChI=1S/C19H24O3/c1-5-8-15(3)12-14-19(4)13-7-9-16(19)17(20)10-11-18(21)22-6-2/h5,8-9H,1,6-7,12-14H2,2-4H3/b15-8+. The van der Waals surface area contributed by atoms with Gasteiger partial charge in [-0.15, -0.1) is 0 Å². The number of Topliss-reactive ketones (excluding diaryl/α,β-unsaturated/α-hetero) is 1. The largest absolute Gasteiger partial charge is 0.456 e. The van der Waals surface area contributed by atoms with E-state index in [1.54, 1.807) is 13.0 Å². The molecular weight excluding hydrogens is 276 g/mol. The minimum absolute atomic E-state index is 0.170. The second kappa shape index (κ2) is 8.38. The second-order valence-electron chi connectivity index (χ2n) is 5.77. The van der Waals surface area contributed by atoms with E-state index in [2.05, 4.69) is 32.3 Å². The highest BCUT2D eigenvalue weighted by atomic mass is 16.5. The molecule has 118 valence electrons. The first kappa shape index (κ1) is 18.0. The zero-order chi connectivity index (χ0) is 16.6. The van der Waals surface area contributed by atoms with Gasteiger partial charge in [0.2, 0.25) is 5.78 Å². The van der Waals surface area contributed by atoms with Crippen LogP contribution in [-0.4, -0.2) is 18.4 Å². The van der Waals surface area contributed by atoms with Crippen molar-refractivity contribution in [2.75, 3.05) is 6.61 Å². The summed E-state index contributed by atoms with van der Waals surface area (Å²) in [5, 5.41) is 0. The van der Waals surface area contributed by atoms with Gasteiger partial charge in [0, 0.05) is 11.5 Å². The number of hydrogen-bond donors (Lipinski definition) is 0. The molecule has 1 rings (SSSR count). The Morgan fingerprint density at radius 3 is 2.82 bits per heavy atom. The molecule has 0 amide bonds. The van der Waals surface area contributed by atoms with Crippen LogP contribution in [0.15, 0.2) is 36.0 Å². The third-order valence-corrected chi connectivity index (χ3v) is 3.97. The van der Waals surface area contributed by atoms with Crippen molar-refractivity contribution in [3.05, 3.63) is 36.0 Å². The van der Waals surface area contributed by atoms with Gasteiger partial charge >= 0.3 is 5.97 Å². The average Bonchev–Trinajstić information content (AvgIpc) is 2.86. The number of hydrogen-bond acceptors (Lipinski definition) is 3. The van der Waals surface area contributed by atoms with Crippen molar-refractivity contribution in [1.82, 2.24) is 0 Å². The van der Waals surface area contributed by atoms with Gasteiger partial charge in [-0.3, -0.25) is 4.79 Å². The number of allylic oxidation sites excluding steroid dienone is 5. The number of ketones is 1. The maximum Gasteiger partial charge on any atom is 0.384 e. The second-order valence-corrected chi connectivity index (χ2v) is 5.77. The van der Waals surface area contributed by atoms with Crippen molar-refractivity contribution in [3.63, 3.8) is 0 Å². The molecule has 0 saturated carbocycles. The topological polar surface area (TPSA) is 43.4 Å². The number of rotatable bonds is 6. The van der Waals surface area contributed by atoms with Crippen molar-refractivity contribution in [1.29, 1.82) is 0 Å². The summed E-state index contributed by atoms with van der Waals surface area (Å²) >= 11 is 0. The van der Waals surface area contributed by atoms with Gasteiger partial charge in [-0.1, -0.05) is 37.3 Å². The smallest absolute Gasteiger partial charge is 0.384 e. The van der Waals surface area contributed by atoms with Crippen molar-refractivity contribution in [2.24, 2.45) is 5.41 Å². The molecule has 0 radical (unpaired) electrons. The molecule has 22 heavy (non-hydrogen) atoms.